The second-order valence-corrected chi connectivity index (χ2v) is 3.70. The van der Waals surface area contributed by atoms with Gasteiger partial charge in [0.05, 0.1) is 13.2 Å². The molecule has 0 saturated heterocycles. The molecule has 3 N–H and O–H groups in total. The second-order valence-electron chi connectivity index (χ2n) is 3.70. The van der Waals surface area contributed by atoms with E-state index in [2.05, 4.69) is 19.2 Å². The van der Waals surface area contributed by atoms with Crippen molar-refractivity contribution < 1.29 is 9.53 Å². The first-order valence-electron chi connectivity index (χ1n) is 5.31. The number of ether oxygens (including phenoxy) is 1. The van der Waals surface area contributed by atoms with Gasteiger partial charge in [-0.3, -0.25) is 9.69 Å². The Hall–Kier alpha value is -0.650. The normalized spacial score (nSPS) is 11.1. The van der Waals surface area contributed by atoms with Gasteiger partial charge in [0.25, 0.3) is 0 Å². The topological polar surface area (TPSA) is 67.6 Å². The summed E-state index contributed by atoms with van der Waals surface area (Å²) in [6, 6.07) is 0.335. The Bertz CT molecular complexity index is 174. The van der Waals surface area contributed by atoms with Gasteiger partial charge in [-0.15, -0.1) is 0 Å². The number of hydrogen-bond donors (Lipinski definition) is 2. The minimum absolute atomic E-state index is 0.0224. The fourth-order valence-corrected chi connectivity index (χ4v) is 1.22. The summed E-state index contributed by atoms with van der Waals surface area (Å²) in [5, 5.41) is 2.78. The lowest BCUT2D eigenvalue weighted by atomic mass is 10.3. The van der Waals surface area contributed by atoms with E-state index in [-0.39, 0.29) is 5.91 Å². The van der Waals surface area contributed by atoms with Crippen LogP contribution in [0.15, 0.2) is 0 Å². The highest BCUT2D eigenvalue weighted by Crippen LogP contribution is 1.95. The van der Waals surface area contributed by atoms with E-state index in [1.165, 1.54) is 0 Å². The van der Waals surface area contributed by atoms with Crippen LogP contribution in [0.1, 0.15) is 13.8 Å². The molecule has 0 bridgehead atoms. The van der Waals surface area contributed by atoms with E-state index in [4.69, 9.17) is 10.5 Å². The number of nitrogens with one attached hydrogen (secondary N) is 1. The van der Waals surface area contributed by atoms with Gasteiger partial charge in [0.1, 0.15) is 0 Å². The molecule has 0 aliphatic rings. The summed E-state index contributed by atoms with van der Waals surface area (Å²) in [5.41, 5.74) is 5.47. The van der Waals surface area contributed by atoms with E-state index in [0.29, 0.717) is 32.3 Å². The van der Waals surface area contributed by atoms with Crippen LogP contribution >= 0.6 is 0 Å². The minimum Gasteiger partial charge on any atom is -0.383 e. The average Bonchev–Trinajstić information content (AvgIpc) is 2.17. The lowest BCUT2D eigenvalue weighted by Gasteiger charge is -2.24. The second kappa shape index (κ2) is 8.64. The number of carbonyl (C=O) groups excluding carboxylic acids is 1. The maximum absolute atomic E-state index is 11.5. The molecule has 15 heavy (non-hydrogen) atoms. The van der Waals surface area contributed by atoms with Crippen LogP contribution in [0, 0.1) is 0 Å². The zero-order valence-corrected chi connectivity index (χ0v) is 9.95. The summed E-state index contributed by atoms with van der Waals surface area (Å²) in [4.78, 5) is 13.5. The molecule has 0 atom stereocenters. The number of rotatable bonds is 8. The number of methoxy groups -OCH3 is 1. The molecule has 0 radical (unpaired) electrons. The predicted octanol–water partition coefficient (Wildman–Crippen LogP) is -0.582. The minimum atomic E-state index is 0.0224. The molecule has 0 unspecified atom stereocenters. The highest BCUT2D eigenvalue weighted by atomic mass is 16.5. The standard InChI is InChI=1S/C10H23N3O2/c1-9(2)13(6-4-11)8-10(14)12-5-7-15-3/h9H,4-8,11H2,1-3H3,(H,12,14). The van der Waals surface area contributed by atoms with Gasteiger partial charge in [0.15, 0.2) is 0 Å². The Morgan fingerprint density at radius 3 is 2.67 bits per heavy atom. The molecule has 0 aliphatic carbocycles. The van der Waals surface area contributed by atoms with Crippen LogP contribution in [0.3, 0.4) is 0 Å². The van der Waals surface area contributed by atoms with Crippen molar-refractivity contribution in [3.8, 4) is 0 Å². The fraction of sp³-hybridized carbons (Fsp3) is 0.900. The molecule has 0 aromatic rings. The van der Waals surface area contributed by atoms with Crippen molar-refractivity contribution in [1.29, 1.82) is 0 Å². The molecule has 5 nitrogen and oxygen atoms in total. The van der Waals surface area contributed by atoms with Crippen LogP contribution < -0.4 is 11.1 Å². The SMILES string of the molecule is COCCNC(=O)CN(CCN)C(C)C. The first-order chi connectivity index (χ1) is 7.11. The summed E-state index contributed by atoms with van der Waals surface area (Å²) < 4.78 is 4.84. The van der Waals surface area contributed by atoms with Crippen molar-refractivity contribution in [2.75, 3.05) is 39.9 Å². The fourth-order valence-electron chi connectivity index (χ4n) is 1.22. The summed E-state index contributed by atoms with van der Waals surface area (Å²) in [7, 11) is 1.61. The molecule has 0 heterocycles. The summed E-state index contributed by atoms with van der Waals surface area (Å²) in [6.07, 6.45) is 0. The zero-order valence-electron chi connectivity index (χ0n) is 9.95. The van der Waals surface area contributed by atoms with E-state index in [0.717, 1.165) is 6.54 Å². The van der Waals surface area contributed by atoms with Crippen molar-refractivity contribution in [3.63, 3.8) is 0 Å². The Kier molecular flexibility index (Phi) is 8.27. The molecule has 0 spiro atoms. The Labute approximate surface area is 91.9 Å². The maximum Gasteiger partial charge on any atom is 0.234 e. The van der Waals surface area contributed by atoms with Crippen molar-refractivity contribution in [3.05, 3.63) is 0 Å². The van der Waals surface area contributed by atoms with Gasteiger partial charge >= 0.3 is 0 Å². The third-order valence-corrected chi connectivity index (χ3v) is 2.12. The molecule has 5 heteroatoms. The molecule has 0 rings (SSSR count). The smallest absolute Gasteiger partial charge is 0.234 e. The third-order valence-electron chi connectivity index (χ3n) is 2.12. The maximum atomic E-state index is 11.5. The van der Waals surface area contributed by atoms with Gasteiger partial charge in [-0.2, -0.15) is 0 Å². The summed E-state index contributed by atoms with van der Waals surface area (Å²) in [6.45, 7) is 6.93. The van der Waals surface area contributed by atoms with Crippen LogP contribution in [0.2, 0.25) is 0 Å². The van der Waals surface area contributed by atoms with Crippen LogP contribution in [-0.4, -0.2) is 56.7 Å². The number of amides is 1. The van der Waals surface area contributed by atoms with Gasteiger partial charge in [0, 0.05) is 32.8 Å². The largest absolute Gasteiger partial charge is 0.383 e. The average molecular weight is 217 g/mol. The molecule has 0 aromatic carbocycles. The molecule has 0 saturated carbocycles. The highest BCUT2D eigenvalue weighted by Gasteiger charge is 2.12. The predicted molar refractivity (Wildman–Crippen MR) is 60.6 cm³/mol. The highest BCUT2D eigenvalue weighted by molar-refractivity contribution is 5.78. The van der Waals surface area contributed by atoms with Crippen LogP contribution in [0.5, 0.6) is 0 Å². The Morgan fingerprint density at radius 2 is 2.20 bits per heavy atom. The summed E-state index contributed by atoms with van der Waals surface area (Å²) >= 11 is 0. The van der Waals surface area contributed by atoms with E-state index in [1.807, 2.05) is 4.90 Å². The van der Waals surface area contributed by atoms with E-state index in [1.54, 1.807) is 7.11 Å². The number of nitrogens with two attached hydrogens (primary N) is 1. The van der Waals surface area contributed by atoms with Gasteiger partial charge in [0.2, 0.25) is 5.91 Å². The van der Waals surface area contributed by atoms with Crippen LogP contribution in [-0.2, 0) is 9.53 Å². The molecule has 90 valence electrons. The lowest BCUT2D eigenvalue weighted by Crippen LogP contribution is -2.43. The number of hydrogen-bond acceptors (Lipinski definition) is 4. The van der Waals surface area contributed by atoms with Gasteiger partial charge in [-0.05, 0) is 13.8 Å². The Morgan fingerprint density at radius 1 is 1.53 bits per heavy atom. The molecular weight excluding hydrogens is 194 g/mol. The summed E-state index contributed by atoms with van der Waals surface area (Å²) in [5.74, 6) is 0.0224. The first-order valence-corrected chi connectivity index (χ1v) is 5.31. The number of carbonyl (C=O) groups is 1. The molecular formula is C10H23N3O2. The van der Waals surface area contributed by atoms with Crippen LogP contribution in [0.4, 0.5) is 0 Å². The molecule has 0 aliphatic heterocycles. The molecule has 0 aromatic heterocycles. The quantitative estimate of drug-likeness (QED) is 0.534. The van der Waals surface area contributed by atoms with Crippen molar-refractivity contribution in [2.45, 2.75) is 19.9 Å². The van der Waals surface area contributed by atoms with Crippen molar-refractivity contribution >= 4 is 5.91 Å². The van der Waals surface area contributed by atoms with Gasteiger partial charge in [-0.1, -0.05) is 0 Å². The first kappa shape index (κ1) is 14.3. The molecule has 1 amide bonds. The van der Waals surface area contributed by atoms with E-state index >= 15 is 0 Å². The van der Waals surface area contributed by atoms with Crippen LogP contribution in [0.25, 0.3) is 0 Å². The third kappa shape index (κ3) is 7.30. The van der Waals surface area contributed by atoms with Crippen molar-refractivity contribution in [1.82, 2.24) is 10.2 Å². The van der Waals surface area contributed by atoms with Gasteiger partial charge < -0.3 is 15.8 Å². The van der Waals surface area contributed by atoms with E-state index in [9.17, 15) is 4.79 Å². The lowest BCUT2D eigenvalue weighted by molar-refractivity contribution is -0.122. The number of nitrogens with zero attached hydrogens (tertiary/aromatic N) is 1. The van der Waals surface area contributed by atoms with Gasteiger partial charge in [-0.25, -0.2) is 0 Å². The zero-order chi connectivity index (χ0) is 11.7. The van der Waals surface area contributed by atoms with E-state index < -0.39 is 0 Å². The Balaban J connectivity index is 3.78. The monoisotopic (exact) mass is 217 g/mol. The molecule has 0 fully saturated rings. The van der Waals surface area contributed by atoms with Crippen molar-refractivity contribution in [2.24, 2.45) is 5.73 Å².